The largest absolute Gasteiger partial charge is 0.309 e. The zero-order chi connectivity index (χ0) is 19.1. The highest BCUT2D eigenvalue weighted by Gasteiger charge is 2.31. The molecule has 0 fully saturated rings. The lowest BCUT2D eigenvalue weighted by Crippen LogP contribution is -2.35. The van der Waals surface area contributed by atoms with Crippen LogP contribution in [-0.4, -0.2) is 20.4 Å². The van der Waals surface area contributed by atoms with Crippen LogP contribution in [0.2, 0.25) is 0 Å². The molecule has 0 spiro atoms. The minimum atomic E-state index is -3.68. The van der Waals surface area contributed by atoms with Crippen LogP contribution in [0, 0.1) is 13.8 Å². The number of anilines is 2. The third kappa shape index (κ3) is 3.33. The number of sulfonamides is 1. The Hall–Kier alpha value is -2.34. The highest BCUT2D eigenvalue weighted by molar-refractivity contribution is 7.92. The standard InChI is InChI=1S/C20H24N2O3S/c1-5-20(23)22-15(4)11-16-12-17(7-9-19(16)22)26(24,25)21-18-8-6-13(2)10-14(18)3/h6-10,12,15,21H,5,11H2,1-4H3. The molecule has 1 N–H and O–H groups in total. The average Bonchev–Trinajstić information content (AvgIpc) is 2.91. The first kappa shape index (κ1) is 18.5. The molecule has 0 bridgehead atoms. The number of amides is 1. The number of carbonyl (C=O) groups excluding carboxylic acids is 1. The van der Waals surface area contributed by atoms with E-state index in [1.54, 1.807) is 29.2 Å². The summed E-state index contributed by atoms with van der Waals surface area (Å²) in [7, 11) is -3.68. The average molecular weight is 372 g/mol. The highest BCUT2D eigenvalue weighted by atomic mass is 32.2. The number of nitrogens with zero attached hydrogens (tertiary/aromatic N) is 1. The van der Waals surface area contributed by atoms with Gasteiger partial charge in [-0.3, -0.25) is 9.52 Å². The number of benzene rings is 2. The summed E-state index contributed by atoms with van der Waals surface area (Å²) >= 11 is 0. The second kappa shape index (κ2) is 6.76. The molecule has 1 unspecified atom stereocenters. The van der Waals surface area contributed by atoms with E-state index < -0.39 is 10.0 Å². The van der Waals surface area contributed by atoms with Crippen LogP contribution >= 0.6 is 0 Å². The number of hydrogen-bond donors (Lipinski definition) is 1. The Morgan fingerprint density at radius 1 is 1.19 bits per heavy atom. The molecule has 0 radical (unpaired) electrons. The van der Waals surface area contributed by atoms with E-state index in [0.29, 0.717) is 18.5 Å². The molecular formula is C20H24N2O3S. The lowest BCUT2D eigenvalue weighted by Gasteiger charge is -2.22. The molecule has 1 heterocycles. The van der Waals surface area contributed by atoms with E-state index in [0.717, 1.165) is 22.4 Å². The summed E-state index contributed by atoms with van der Waals surface area (Å²) in [5, 5.41) is 0. The topological polar surface area (TPSA) is 66.5 Å². The Balaban J connectivity index is 1.93. The van der Waals surface area contributed by atoms with E-state index in [2.05, 4.69) is 4.72 Å². The third-order valence-corrected chi connectivity index (χ3v) is 6.14. The minimum absolute atomic E-state index is 0.0442. The lowest BCUT2D eigenvalue weighted by atomic mass is 10.1. The quantitative estimate of drug-likeness (QED) is 0.888. The van der Waals surface area contributed by atoms with Crippen molar-refractivity contribution in [3.05, 3.63) is 53.1 Å². The van der Waals surface area contributed by atoms with Gasteiger partial charge >= 0.3 is 0 Å². The number of rotatable bonds is 4. The molecule has 138 valence electrons. The second-order valence-electron chi connectivity index (χ2n) is 6.88. The van der Waals surface area contributed by atoms with Crippen molar-refractivity contribution in [2.24, 2.45) is 0 Å². The first-order valence-electron chi connectivity index (χ1n) is 8.78. The van der Waals surface area contributed by atoms with E-state index in [1.807, 2.05) is 39.8 Å². The van der Waals surface area contributed by atoms with Gasteiger partial charge in [-0.15, -0.1) is 0 Å². The smallest absolute Gasteiger partial charge is 0.261 e. The Morgan fingerprint density at radius 3 is 2.58 bits per heavy atom. The van der Waals surface area contributed by atoms with E-state index in [4.69, 9.17) is 0 Å². The van der Waals surface area contributed by atoms with Gasteiger partial charge in [0.2, 0.25) is 5.91 Å². The molecule has 26 heavy (non-hydrogen) atoms. The molecule has 1 aliphatic heterocycles. The Kier molecular flexibility index (Phi) is 4.80. The maximum Gasteiger partial charge on any atom is 0.261 e. The maximum atomic E-state index is 12.8. The second-order valence-corrected chi connectivity index (χ2v) is 8.57. The normalized spacial score (nSPS) is 16.5. The molecule has 2 aromatic carbocycles. The zero-order valence-electron chi connectivity index (χ0n) is 15.5. The molecule has 0 saturated heterocycles. The Labute approximate surface area is 155 Å². The fourth-order valence-electron chi connectivity index (χ4n) is 3.46. The molecule has 5 nitrogen and oxygen atoms in total. The monoisotopic (exact) mass is 372 g/mol. The molecule has 1 aliphatic rings. The predicted molar refractivity (Wildman–Crippen MR) is 104 cm³/mol. The predicted octanol–water partition coefficient (Wildman–Crippen LogP) is 3.79. The van der Waals surface area contributed by atoms with Gasteiger partial charge in [-0.05, 0) is 62.6 Å². The van der Waals surface area contributed by atoms with Gasteiger partial charge in [0, 0.05) is 18.2 Å². The van der Waals surface area contributed by atoms with E-state index >= 15 is 0 Å². The summed E-state index contributed by atoms with van der Waals surface area (Å²) in [4.78, 5) is 14.2. The SMILES string of the molecule is CCC(=O)N1c2ccc(S(=O)(=O)Nc3ccc(C)cc3C)cc2CC1C. The van der Waals surface area contributed by atoms with Gasteiger partial charge < -0.3 is 4.90 Å². The first-order chi connectivity index (χ1) is 12.2. The molecule has 0 saturated carbocycles. The van der Waals surface area contributed by atoms with Crippen LogP contribution < -0.4 is 9.62 Å². The van der Waals surface area contributed by atoms with E-state index in [9.17, 15) is 13.2 Å². The molecule has 3 rings (SSSR count). The number of nitrogens with one attached hydrogen (secondary N) is 1. The molecular weight excluding hydrogens is 348 g/mol. The van der Waals surface area contributed by atoms with Crippen LogP contribution in [0.25, 0.3) is 0 Å². The van der Waals surface area contributed by atoms with Gasteiger partial charge in [0.05, 0.1) is 10.6 Å². The van der Waals surface area contributed by atoms with Crippen molar-refractivity contribution in [3.63, 3.8) is 0 Å². The van der Waals surface area contributed by atoms with Crippen molar-refractivity contribution in [3.8, 4) is 0 Å². The van der Waals surface area contributed by atoms with Crippen LogP contribution in [-0.2, 0) is 21.2 Å². The summed E-state index contributed by atoms with van der Waals surface area (Å²) < 4.78 is 28.3. The molecule has 1 atom stereocenters. The molecule has 2 aromatic rings. The van der Waals surface area contributed by atoms with Gasteiger partial charge in [-0.25, -0.2) is 8.42 Å². The van der Waals surface area contributed by atoms with Gasteiger partial charge in [0.1, 0.15) is 0 Å². The fourth-order valence-corrected chi connectivity index (χ4v) is 4.64. The summed E-state index contributed by atoms with van der Waals surface area (Å²) in [5.74, 6) is 0.0558. The first-order valence-corrected chi connectivity index (χ1v) is 10.3. The fraction of sp³-hybridized carbons (Fsp3) is 0.350. The summed E-state index contributed by atoms with van der Waals surface area (Å²) in [5.41, 5.74) is 4.24. The van der Waals surface area contributed by atoms with Crippen LogP contribution in [0.5, 0.6) is 0 Å². The van der Waals surface area contributed by atoms with Crippen LogP contribution in [0.1, 0.15) is 37.0 Å². The van der Waals surface area contributed by atoms with Crippen LogP contribution in [0.4, 0.5) is 11.4 Å². The molecule has 0 aromatic heterocycles. The lowest BCUT2D eigenvalue weighted by molar-refractivity contribution is -0.118. The van der Waals surface area contributed by atoms with E-state index in [-0.39, 0.29) is 16.8 Å². The van der Waals surface area contributed by atoms with Crippen molar-refractivity contribution in [1.29, 1.82) is 0 Å². The zero-order valence-corrected chi connectivity index (χ0v) is 16.4. The van der Waals surface area contributed by atoms with Crippen LogP contribution in [0.3, 0.4) is 0 Å². The molecule has 6 heteroatoms. The summed E-state index contributed by atoms with van der Waals surface area (Å²) in [6, 6.07) is 10.6. The molecule has 1 amide bonds. The van der Waals surface area contributed by atoms with Crippen molar-refractivity contribution in [2.45, 2.75) is 51.5 Å². The van der Waals surface area contributed by atoms with Gasteiger partial charge in [-0.1, -0.05) is 24.6 Å². The number of aryl methyl sites for hydroxylation is 2. The van der Waals surface area contributed by atoms with Gasteiger partial charge in [0.15, 0.2) is 0 Å². The third-order valence-electron chi connectivity index (χ3n) is 4.77. The van der Waals surface area contributed by atoms with Crippen molar-refractivity contribution in [1.82, 2.24) is 0 Å². The molecule has 0 aliphatic carbocycles. The van der Waals surface area contributed by atoms with Crippen LogP contribution in [0.15, 0.2) is 41.3 Å². The number of fused-ring (bicyclic) bond motifs is 1. The Bertz CT molecular complexity index is 967. The number of hydrogen-bond acceptors (Lipinski definition) is 3. The summed E-state index contributed by atoms with van der Waals surface area (Å²) in [6.07, 6.45) is 1.09. The van der Waals surface area contributed by atoms with Crippen molar-refractivity contribution >= 4 is 27.3 Å². The van der Waals surface area contributed by atoms with Gasteiger partial charge in [-0.2, -0.15) is 0 Å². The van der Waals surface area contributed by atoms with Crippen molar-refractivity contribution in [2.75, 3.05) is 9.62 Å². The maximum absolute atomic E-state index is 12.8. The minimum Gasteiger partial charge on any atom is -0.309 e. The Morgan fingerprint density at radius 2 is 1.92 bits per heavy atom. The van der Waals surface area contributed by atoms with Gasteiger partial charge in [0.25, 0.3) is 10.0 Å². The summed E-state index contributed by atoms with van der Waals surface area (Å²) in [6.45, 7) is 7.66. The highest BCUT2D eigenvalue weighted by Crippen LogP contribution is 2.34. The van der Waals surface area contributed by atoms with E-state index in [1.165, 1.54) is 0 Å². The number of carbonyl (C=O) groups is 1. The van der Waals surface area contributed by atoms with Crippen molar-refractivity contribution < 1.29 is 13.2 Å².